The van der Waals surface area contributed by atoms with Gasteiger partial charge in [0.25, 0.3) is 5.91 Å². The van der Waals surface area contributed by atoms with Gasteiger partial charge in [-0.1, -0.05) is 17.3 Å². The van der Waals surface area contributed by atoms with Crippen molar-refractivity contribution in [1.82, 2.24) is 15.5 Å². The third kappa shape index (κ3) is 2.74. The molecule has 3 rings (SSSR count). The van der Waals surface area contributed by atoms with E-state index in [0.29, 0.717) is 23.2 Å². The van der Waals surface area contributed by atoms with Crippen molar-refractivity contribution in [3.63, 3.8) is 0 Å². The Morgan fingerprint density at radius 1 is 1.27 bits per heavy atom. The normalized spacial score (nSPS) is 21.2. The summed E-state index contributed by atoms with van der Waals surface area (Å²) in [6.45, 7) is 5.29. The molecular formula is C15H17N3O4. The summed E-state index contributed by atoms with van der Waals surface area (Å²) in [5.41, 5.74) is 0. The molecule has 1 aromatic carbocycles. The van der Waals surface area contributed by atoms with Gasteiger partial charge in [0.1, 0.15) is 12.1 Å². The zero-order valence-electron chi connectivity index (χ0n) is 12.6. The predicted molar refractivity (Wildman–Crippen MR) is 76.5 cm³/mol. The van der Waals surface area contributed by atoms with Crippen molar-refractivity contribution in [3.8, 4) is 11.5 Å². The Kier molecular flexibility index (Phi) is 3.70. The molecule has 2 heterocycles. The van der Waals surface area contributed by atoms with Crippen LogP contribution in [-0.2, 0) is 4.79 Å². The van der Waals surface area contributed by atoms with Crippen LogP contribution in [0.25, 0.3) is 0 Å². The molecule has 1 aromatic heterocycles. The molecular weight excluding hydrogens is 286 g/mol. The summed E-state index contributed by atoms with van der Waals surface area (Å²) in [7, 11) is 0. The van der Waals surface area contributed by atoms with Crippen molar-refractivity contribution in [1.29, 1.82) is 0 Å². The Labute approximate surface area is 127 Å². The number of carbonyl (C=O) groups is 1. The molecule has 116 valence electrons. The Bertz CT molecular complexity index is 685. The van der Waals surface area contributed by atoms with Gasteiger partial charge in [0.15, 0.2) is 17.3 Å². The zero-order valence-corrected chi connectivity index (χ0v) is 12.6. The molecule has 0 spiro atoms. The van der Waals surface area contributed by atoms with E-state index in [9.17, 15) is 4.79 Å². The Morgan fingerprint density at radius 3 is 2.59 bits per heavy atom. The van der Waals surface area contributed by atoms with Crippen molar-refractivity contribution in [3.05, 3.63) is 36.0 Å². The van der Waals surface area contributed by atoms with E-state index in [2.05, 4.69) is 15.5 Å². The highest BCUT2D eigenvalue weighted by atomic mass is 16.6. The number of aryl methyl sites for hydroxylation is 1. The first kappa shape index (κ1) is 14.4. The van der Waals surface area contributed by atoms with Crippen molar-refractivity contribution < 1.29 is 18.8 Å². The maximum atomic E-state index is 12.4. The first-order chi connectivity index (χ1) is 10.5. The van der Waals surface area contributed by atoms with Crippen LogP contribution in [0, 0.1) is 6.92 Å². The van der Waals surface area contributed by atoms with Gasteiger partial charge in [-0.2, -0.15) is 4.98 Å². The number of fused-ring (bicyclic) bond motifs is 1. The van der Waals surface area contributed by atoms with Gasteiger partial charge >= 0.3 is 0 Å². The molecule has 0 radical (unpaired) electrons. The second kappa shape index (κ2) is 5.67. The first-order valence-electron chi connectivity index (χ1n) is 7.07. The summed E-state index contributed by atoms with van der Waals surface area (Å²) in [4.78, 5) is 16.5. The highest BCUT2D eigenvalue weighted by Crippen LogP contribution is 2.33. The van der Waals surface area contributed by atoms with Crippen LogP contribution in [0.1, 0.15) is 31.6 Å². The van der Waals surface area contributed by atoms with Gasteiger partial charge in [-0.25, -0.2) is 0 Å². The van der Waals surface area contributed by atoms with Gasteiger partial charge in [0, 0.05) is 0 Å². The molecule has 1 aliphatic heterocycles. The van der Waals surface area contributed by atoms with E-state index in [-0.39, 0.29) is 5.91 Å². The van der Waals surface area contributed by atoms with E-state index in [1.807, 2.05) is 18.2 Å². The summed E-state index contributed by atoms with van der Waals surface area (Å²) in [5, 5.41) is 6.51. The molecule has 22 heavy (non-hydrogen) atoms. The highest BCUT2D eigenvalue weighted by molar-refractivity contribution is 5.82. The van der Waals surface area contributed by atoms with E-state index in [1.165, 1.54) is 0 Å². The van der Waals surface area contributed by atoms with Crippen LogP contribution >= 0.6 is 0 Å². The second-order valence-electron chi connectivity index (χ2n) is 5.22. The number of aromatic nitrogens is 2. The number of rotatable bonds is 3. The summed E-state index contributed by atoms with van der Waals surface area (Å²) >= 11 is 0. The average Bonchev–Trinajstić information content (AvgIpc) is 2.93. The smallest absolute Gasteiger partial charge is 0.265 e. The first-order valence-corrected chi connectivity index (χ1v) is 7.07. The molecule has 0 fully saturated rings. The number of nitrogens with zero attached hydrogens (tertiary/aromatic N) is 2. The van der Waals surface area contributed by atoms with Crippen molar-refractivity contribution >= 4 is 5.91 Å². The van der Waals surface area contributed by atoms with Crippen LogP contribution in [0.2, 0.25) is 0 Å². The quantitative estimate of drug-likeness (QED) is 0.930. The molecule has 0 bridgehead atoms. The van der Waals surface area contributed by atoms with E-state index >= 15 is 0 Å². The molecule has 3 atom stereocenters. The highest BCUT2D eigenvalue weighted by Gasteiger charge is 2.35. The number of hydrogen-bond donors (Lipinski definition) is 1. The largest absolute Gasteiger partial charge is 0.482 e. The molecule has 0 saturated carbocycles. The summed E-state index contributed by atoms with van der Waals surface area (Å²) < 4.78 is 16.5. The van der Waals surface area contributed by atoms with Gasteiger partial charge in [0.05, 0.1) is 0 Å². The maximum absolute atomic E-state index is 12.4. The number of hydrogen-bond acceptors (Lipinski definition) is 6. The fraction of sp³-hybridized carbons (Fsp3) is 0.400. The number of carbonyl (C=O) groups excluding carboxylic acids is 1. The summed E-state index contributed by atoms with van der Waals surface area (Å²) in [5.74, 6) is 1.79. The lowest BCUT2D eigenvalue weighted by molar-refractivity contribution is -0.134. The Morgan fingerprint density at radius 2 is 1.95 bits per heavy atom. The Hall–Kier alpha value is -2.57. The topological polar surface area (TPSA) is 86.5 Å². The predicted octanol–water partition coefficient (Wildman–Crippen LogP) is 1.78. The van der Waals surface area contributed by atoms with E-state index in [1.54, 1.807) is 26.8 Å². The minimum Gasteiger partial charge on any atom is -0.482 e. The van der Waals surface area contributed by atoms with Crippen molar-refractivity contribution in [2.45, 2.75) is 39.0 Å². The fourth-order valence-corrected chi connectivity index (χ4v) is 2.25. The zero-order chi connectivity index (χ0) is 15.7. The lowest BCUT2D eigenvalue weighted by atomic mass is 10.1. The Balaban J connectivity index is 1.70. The maximum Gasteiger partial charge on any atom is 0.265 e. The fourth-order valence-electron chi connectivity index (χ4n) is 2.25. The van der Waals surface area contributed by atoms with Gasteiger partial charge < -0.3 is 19.3 Å². The van der Waals surface area contributed by atoms with Gasteiger partial charge in [0.2, 0.25) is 12.0 Å². The van der Waals surface area contributed by atoms with Crippen LogP contribution in [0.3, 0.4) is 0 Å². The molecule has 1 amide bonds. The summed E-state index contributed by atoms with van der Waals surface area (Å²) in [6.07, 6.45) is -1.13. The van der Waals surface area contributed by atoms with Gasteiger partial charge in [-0.15, -0.1) is 0 Å². The van der Waals surface area contributed by atoms with Crippen molar-refractivity contribution in [2.24, 2.45) is 0 Å². The van der Waals surface area contributed by atoms with Crippen LogP contribution in [0.15, 0.2) is 28.8 Å². The minimum atomic E-state index is -0.735. The average molecular weight is 303 g/mol. The lowest BCUT2D eigenvalue weighted by Crippen LogP contribution is -2.49. The van der Waals surface area contributed by atoms with Crippen LogP contribution in [-0.4, -0.2) is 28.3 Å². The van der Waals surface area contributed by atoms with Crippen LogP contribution < -0.4 is 14.8 Å². The second-order valence-corrected chi connectivity index (χ2v) is 5.22. The van der Waals surface area contributed by atoms with E-state index in [4.69, 9.17) is 14.0 Å². The minimum absolute atomic E-state index is 0.287. The van der Waals surface area contributed by atoms with E-state index < -0.39 is 18.2 Å². The number of para-hydroxylation sites is 2. The lowest BCUT2D eigenvalue weighted by Gasteiger charge is -2.31. The molecule has 1 aliphatic rings. The van der Waals surface area contributed by atoms with Crippen LogP contribution in [0.5, 0.6) is 11.5 Å². The van der Waals surface area contributed by atoms with Crippen molar-refractivity contribution in [2.75, 3.05) is 0 Å². The van der Waals surface area contributed by atoms with Crippen LogP contribution in [0.4, 0.5) is 0 Å². The molecule has 1 N–H and O–H groups in total. The number of nitrogens with one attached hydrogen (secondary N) is 1. The molecule has 7 heteroatoms. The molecule has 7 nitrogen and oxygen atoms in total. The van der Waals surface area contributed by atoms with Gasteiger partial charge in [-0.3, -0.25) is 4.79 Å². The third-order valence-corrected chi connectivity index (χ3v) is 3.37. The van der Waals surface area contributed by atoms with Gasteiger partial charge in [-0.05, 0) is 32.9 Å². The standard InChI is InChI=1S/C15H17N3O4/c1-8(15-17-10(3)18-22-15)16-14(19)13-9(2)20-11-6-4-5-7-12(11)21-13/h4-9,13H,1-3H3,(H,16,19)/t8-,9+,13-/m0/s1. The monoisotopic (exact) mass is 303 g/mol. The molecule has 0 aliphatic carbocycles. The number of amides is 1. The third-order valence-electron chi connectivity index (χ3n) is 3.37. The summed E-state index contributed by atoms with van der Waals surface area (Å²) in [6, 6.07) is 6.87. The molecule has 0 saturated heterocycles. The number of benzene rings is 1. The number of ether oxygens (including phenoxy) is 2. The SMILES string of the molecule is Cc1noc([C@H](C)NC(=O)[C@H]2Oc3ccccc3O[C@@H]2C)n1. The van der Waals surface area contributed by atoms with E-state index in [0.717, 1.165) is 0 Å². The molecule has 2 aromatic rings. The molecule has 0 unspecified atom stereocenters.